The molecular weight excluding hydrogens is 222 g/mol. The van der Waals surface area contributed by atoms with E-state index in [1.54, 1.807) is 0 Å². The van der Waals surface area contributed by atoms with Crippen LogP contribution in [0.5, 0.6) is 0 Å². The summed E-state index contributed by atoms with van der Waals surface area (Å²) in [6, 6.07) is 0. The molecule has 0 bridgehead atoms. The zero-order valence-corrected chi connectivity index (χ0v) is 10.5. The van der Waals surface area contributed by atoms with Crippen LogP contribution < -0.4 is 5.73 Å². The number of nitrogens with two attached hydrogens (primary N) is 1. The van der Waals surface area contributed by atoms with Crippen molar-refractivity contribution in [3.63, 3.8) is 0 Å². The van der Waals surface area contributed by atoms with Crippen LogP contribution in [0.2, 0.25) is 0 Å². The van der Waals surface area contributed by atoms with Gasteiger partial charge in [0.2, 0.25) is 0 Å². The van der Waals surface area contributed by atoms with Gasteiger partial charge in [-0.05, 0) is 20.3 Å². The second-order valence-corrected chi connectivity index (χ2v) is 4.72. The van der Waals surface area contributed by atoms with Crippen LogP contribution in [0.15, 0.2) is 0 Å². The lowest BCUT2D eigenvalue weighted by molar-refractivity contribution is 0.663. The molecule has 0 saturated carbocycles. The summed E-state index contributed by atoms with van der Waals surface area (Å²) in [6.45, 7) is 6.97. The maximum absolute atomic E-state index is 5.70. The van der Waals surface area contributed by atoms with Crippen LogP contribution in [0.4, 0.5) is 5.13 Å². The number of nitrogens with zero attached hydrogens (tertiary/aromatic N) is 4. The van der Waals surface area contributed by atoms with Gasteiger partial charge in [-0.15, -0.1) is 10.2 Å². The van der Waals surface area contributed by atoms with Crippen LogP contribution in [-0.4, -0.2) is 19.7 Å². The van der Waals surface area contributed by atoms with Crippen molar-refractivity contribution in [1.82, 2.24) is 19.7 Å². The zero-order valence-electron chi connectivity index (χ0n) is 9.69. The molecule has 0 spiro atoms. The molecule has 16 heavy (non-hydrogen) atoms. The lowest BCUT2D eigenvalue weighted by Gasteiger charge is -2.05. The lowest BCUT2D eigenvalue weighted by Crippen LogP contribution is -2.01. The Kier molecular flexibility index (Phi) is 2.91. The molecule has 0 aliphatic rings. The zero-order chi connectivity index (χ0) is 11.7. The largest absolute Gasteiger partial charge is 0.375 e. The van der Waals surface area contributed by atoms with E-state index < -0.39 is 0 Å². The highest BCUT2D eigenvalue weighted by Crippen LogP contribution is 2.30. The average molecular weight is 237 g/mol. The number of hydrogen-bond acceptors (Lipinski definition) is 5. The molecule has 0 atom stereocenters. The van der Waals surface area contributed by atoms with Gasteiger partial charge in [0.25, 0.3) is 0 Å². The van der Waals surface area contributed by atoms with Crippen LogP contribution in [-0.2, 0) is 6.54 Å². The fourth-order valence-electron chi connectivity index (χ4n) is 1.67. The third-order valence-electron chi connectivity index (χ3n) is 2.40. The third kappa shape index (κ3) is 1.80. The van der Waals surface area contributed by atoms with E-state index in [-0.39, 0.29) is 0 Å². The standard InChI is InChI=1S/C10H15N5S/c1-4-5-15-7(3)13-14-9(15)8-6(2)12-10(11)16-8/h4-5H2,1-3H3,(H2,11,12). The van der Waals surface area contributed by atoms with Crippen molar-refractivity contribution in [2.24, 2.45) is 0 Å². The SMILES string of the molecule is CCCn1c(C)nnc1-c1sc(N)nc1C. The summed E-state index contributed by atoms with van der Waals surface area (Å²) >= 11 is 1.46. The quantitative estimate of drug-likeness (QED) is 0.886. The maximum atomic E-state index is 5.70. The predicted octanol–water partition coefficient (Wildman–Crippen LogP) is 2.01. The van der Waals surface area contributed by atoms with Crippen LogP contribution in [0.25, 0.3) is 10.7 Å². The fraction of sp³-hybridized carbons (Fsp3) is 0.500. The minimum Gasteiger partial charge on any atom is -0.375 e. The highest BCUT2D eigenvalue weighted by Gasteiger charge is 2.16. The molecule has 0 radical (unpaired) electrons. The summed E-state index contributed by atoms with van der Waals surface area (Å²) in [5.41, 5.74) is 6.62. The van der Waals surface area contributed by atoms with Gasteiger partial charge in [-0.3, -0.25) is 0 Å². The van der Waals surface area contributed by atoms with Crippen molar-refractivity contribution in [3.8, 4) is 10.7 Å². The Morgan fingerprint density at radius 2 is 2.06 bits per heavy atom. The van der Waals surface area contributed by atoms with Crippen molar-refractivity contribution < 1.29 is 0 Å². The van der Waals surface area contributed by atoms with Crippen LogP contribution >= 0.6 is 11.3 Å². The molecule has 2 rings (SSSR count). The fourth-order valence-corrected chi connectivity index (χ4v) is 2.49. The molecule has 6 heteroatoms. The van der Waals surface area contributed by atoms with E-state index in [1.807, 2.05) is 13.8 Å². The number of thiazole rings is 1. The first-order chi connectivity index (χ1) is 7.63. The Morgan fingerprint density at radius 1 is 1.31 bits per heavy atom. The van der Waals surface area contributed by atoms with E-state index in [2.05, 4.69) is 26.7 Å². The summed E-state index contributed by atoms with van der Waals surface area (Å²) in [6.07, 6.45) is 1.05. The number of nitrogen functional groups attached to an aromatic ring is 1. The number of aryl methyl sites for hydroxylation is 2. The van der Waals surface area contributed by atoms with Gasteiger partial charge < -0.3 is 10.3 Å². The Bertz CT molecular complexity index is 499. The topological polar surface area (TPSA) is 69.6 Å². The molecule has 2 aromatic rings. The van der Waals surface area contributed by atoms with E-state index in [0.717, 1.165) is 35.2 Å². The normalized spacial score (nSPS) is 10.9. The van der Waals surface area contributed by atoms with E-state index in [0.29, 0.717) is 5.13 Å². The van der Waals surface area contributed by atoms with Crippen LogP contribution in [0.1, 0.15) is 24.9 Å². The molecule has 0 saturated heterocycles. The number of anilines is 1. The first-order valence-corrected chi connectivity index (χ1v) is 6.08. The van der Waals surface area contributed by atoms with Gasteiger partial charge in [-0.1, -0.05) is 18.3 Å². The van der Waals surface area contributed by atoms with Crippen LogP contribution in [0, 0.1) is 13.8 Å². The predicted molar refractivity (Wildman–Crippen MR) is 65.3 cm³/mol. The van der Waals surface area contributed by atoms with Gasteiger partial charge in [0, 0.05) is 6.54 Å². The molecular formula is C10H15N5S. The van der Waals surface area contributed by atoms with Crippen LogP contribution in [0.3, 0.4) is 0 Å². The molecule has 0 aliphatic heterocycles. The minimum absolute atomic E-state index is 0.580. The second-order valence-electron chi connectivity index (χ2n) is 3.69. The third-order valence-corrected chi connectivity index (χ3v) is 3.38. The van der Waals surface area contributed by atoms with Crippen molar-refractivity contribution in [2.45, 2.75) is 33.7 Å². The Balaban J connectivity index is 2.51. The number of aromatic nitrogens is 4. The first-order valence-electron chi connectivity index (χ1n) is 5.26. The highest BCUT2D eigenvalue weighted by atomic mass is 32.1. The smallest absolute Gasteiger partial charge is 0.180 e. The molecule has 0 aromatic carbocycles. The Morgan fingerprint density at radius 3 is 2.62 bits per heavy atom. The highest BCUT2D eigenvalue weighted by molar-refractivity contribution is 7.18. The van der Waals surface area contributed by atoms with Crippen molar-refractivity contribution >= 4 is 16.5 Å². The van der Waals surface area contributed by atoms with Gasteiger partial charge in [0.05, 0.1) is 10.6 Å². The lowest BCUT2D eigenvalue weighted by atomic mass is 10.3. The molecule has 0 aliphatic carbocycles. The summed E-state index contributed by atoms with van der Waals surface area (Å²) in [4.78, 5) is 5.23. The van der Waals surface area contributed by atoms with Crippen molar-refractivity contribution in [3.05, 3.63) is 11.5 Å². The Hall–Kier alpha value is -1.43. The van der Waals surface area contributed by atoms with E-state index in [4.69, 9.17) is 5.73 Å². The van der Waals surface area contributed by atoms with Gasteiger partial charge in [-0.25, -0.2) is 4.98 Å². The monoisotopic (exact) mass is 237 g/mol. The van der Waals surface area contributed by atoms with Crippen molar-refractivity contribution in [1.29, 1.82) is 0 Å². The van der Waals surface area contributed by atoms with Gasteiger partial charge in [0.15, 0.2) is 11.0 Å². The van der Waals surface area contributed by atoms with Gasteiger partial charge in [-0.2, -0.15) is 0 Å². The minimum atomic E-state index is 0.580. The number of rotatable bonds is 3. The molecule has 0 fully saturated rings. The van der Waals surface area contributed by atoms with Crippen molar-refractivity contribution in [2.75, 3.05) is 5.73 Å². The molecule has 0 unspecified atom stereocenters. The summed E-state index contributed by atoms with van der Waals surface area (Å²) in [7, 11) is 0. The maximum Gasteiger partial charge on any atom is 0.180 e. The average Bonchev–Trinajstić information content (AvgIpc) is 2.73. The molecule has 2 N–H and O–H groups in total. The second kappa shape index (κ2) is 4.21. The van der Waals surface area contributed by atoms with Gasteiger partial charge >= 0.3 is 0 Å². The summed E-state index contributed by atoms with van der Waals surface area (Å²) < 4.78 is 2.11. The molecule has 86 valence electrons. The van der Waals surface area contributed by atoms with E-state index in [1.165, 1.54) is 11.3 Å². The molecule has 0 amide bonds. The molecule has 5 nitrogen and oxygen atoms in total. The summed E-state index contributed by atoms with van der Waals surface area (Å²) in [5.74, 6) is 1.81. The summed E-state index contributed by atoms with van der Waals surface area (Å²) in [5, 5.41) is 8.90. The van der Waals surface area contributed by atoms with Gasteiger partial charge in [0.1, 0.15) is 5.82 Å². The number of hydrogen-bond donors (Lipinski definition) is 1. The first kappa shape index (κ1) is 11.1. The molecule has 2 aromatic heterocycles. The Labute approximate surface area is 98.3 Å². The molecule has 2 heterocycles. The van der Waals surface area contributed by atoms with E-state index >= 15 is 0 Å². The van der Waals surface area contributed by atoms with E-state index in [9.17, 15) is 0 Å².